The van der Waals surface area contributed by atoms with Crippen LogP contribution in [0.25, 0.3) is 0 Å². The molecule has 0 aromatic rings. The fraction of sp³-hybridized carbons (Fsp3) is 0.882. The summed E-state index contributed by atoms with van der Waals surface area (Å²) in [5.74, 6) is 0.0737. The van der Waals surface area contributed by atoms with Gasteiger partial charge in [0.05, 0.1) is 0 Å². The van der Waals surface area contributed by atoms with E-state index in [0.29, 0.717) is 18.5 Å². The number of nitrogens with one attached hydrogen (secondary N) is 2. The summed E-state index contributed by atoms with van der Waals surface area (Å²) in [4.78, 5) is 25.5. The quantitative estimate of drug-likeness (QED) is 0.757. The number of urea groups is 1. The van der Waals surface area contributed by atoms with Gasteiger partial charge in [-0.1, -0.05) is 13.8 Å². The highest BCUT2D eigenvalue weighted by Crippen LogP contribution is 2.40. The molecule has 0 aromatic carbocycles. The number of ether oxygens (including phenoxy) is 1. The molecule has 0 bridgehead atoms. The van der Waals surface area contributed by atoms with Crippen molar-refractivity contribution in [3.63, 3.8) is 0 Å². The highest BCUT2D eigenvalue weighted by Gasteiger charge is 2.37. The molecule has 0 atom stereocenters. The molecule has 23 heavy (non-hydrogen) atoms. The van der Waals surface area contributed by atoms with Gasteiger partial charge in [-0.3, -0.25) is 4.79 Å². The maximum atomic E-state index is 12.2. The fourth-order valence-electron chi connectivity index (χ4n) is 3.30. The van der Waals surface area contributed by atoms with E-state index in [0.717, 1.165) is 58.4 Å². The molecule has 2 saturated heterocycles. The third-order valence-electron chi connectivity index (χ3n) is 5.12. The minimum atomic E-state index is 0.00968. The third kappa shape index (κ3) is 5.37. The molecule has 2 rings (SSSR count). The van der Waals surface area contributed by atoms with Crippen molar-refractivity contribution in [3.05, 3.63) is 0 Å². The highest BCUT2D eigenvalue weighted by molar-refractivity contribution is 5.77. The Bertz CT molecular complexity index is 396. The Labute approximate surface area is 139 Å². The number of rotatable bonds is 5. The lowest BCUT2D eigenvalue weighted by Gasteiger charge is -2.44. The summed E-state index contributed by atoms with van der Waals surface area (Å²) in [6.07, 6.45) is 5.22. The maximum Gasteiger partial charge on any atom is 0.317 e. The van der Waals surface area contributed by atoms with E-state index in [1.54, 1.807) is 0 Å². The van der Waals surface area contributed by atoms with Gasteiger partial charge < -0.3 is 20.3 Å². The van der Waals surface area contributed by atoms with E-state index in [1.807, 2.05) is 18.7 Å². The number of nitrogens with zero attached hydrogens (tertiary/aromatic N) is 1. The number of likely N-dealkylation sites (tertiary alicyclic amines) is 1. The Kier molecular flexibility index (Phi) is 6.69. The predicted octanol–water partition coefficient (Wildman–Crippen LogP) is 1.75. The lowest BCUT2D eigenvalue weighted by molar-refractivity contribution is -0.123. The van der Waals surface area contributed by atoms with Crippen LogP contribution in [0.2, 0.25) is 0 Å². The molecule has 1 spiro atoms. The van der Waals surface area contributed by atoms with Crippen molar-refractivity contribution in [3.8, 4) is 0 Å². The molecular weight excluding hydrogens is 294 g/mol. The second-order valence-corrected chi connectivity index (χ2v) is 7.13. The number of hydrogen-bond acceptors (Lipinski definition) is 3. The first kappa shape index (κ1) is 18.0. The summed E-state index contributed by atoms with van der Waals surface area (Å²) in [6.45, 7) is 8.39. The lowest BCUT2D eigenvalue weighted by atomic mass is 9.72. The van der Waals surface area contributed by atoms with Crippen LogP contribution in [0.15, 0.2) is 0 Å². The Hall–Kier alpha value is -1.30. The largest absolute Gasteiger partial charge is 0.381 e. The van der Waals surface area contributed by atoms with Crippen molar-refractivity contribution in [2.75, 3.05) is 39.4 Å². The average Bonchev–Trinajstić information content (AvgIpc) is 2.55. The topological polar surface area (TPSA) is 70.7 Å². The third-order valence-corrected chi connectivity index (χ3v) is 5.12. The molecular formula is C17H31N3O3. The first-order valence-electron chi connectivity index (χ1n) is 8.91. The maximum absolute atomic E-state index is 12.2. The van der Waals surface area contributed by atoms with Crippen LogP contribution < -0.4 is 10.6 Å². The normalized spacial score (nSPS) is 20.6. The van der Waals surface area contributed by atoms with Gasteiger partial charge in [-0.05, 0) is 37.5 Å². The van der Waals surface area contributed by atoms with Gasteiger partial charge in [0, 0.05) is 45.3 Å². The number of hydrogen-bond donors (Lipinski definition) is 2. The lowest BCUT2D eigenvalue weighted by Crippen LogP contribution is -2.49. The molecule has 3 amide bonds. The van der Waals surface area contributed by atoms with Crippen LogP contribution >= 0.6 is 0 Å². The van der Waals surface area contributed by atoms with Crippen LogP contribution in [0.5, 0.6) is 0 Å². The molecule has 2 N–H and O–H groups in total. The van der Waals surface area contributed by atoms with E-state index < -0.39 is 0 Å². The molecule has 0 saturated carbocycles. The first-order chi connectivity index (χ1) is 11.0. The number of carbonyl (C=O) groups is 2. The van der Waals surface area contributed by atoms with Crippen molar-refractivity contribution >= 4 is 11.9 Å². The molecule has 0 unspecified atom stereocenters. The summed E-state index contributed by atoms with van der Waals surface area (Å²) in [5, 5.41) is 5.82. The Morgan fingerprint density at radius 1 is 1.04 bits per heavy atom. The second kappa shape index (κ2) is 8.52. The molecule has 0 aromatic heterocycles. The van der Waals surface area contributed by atoms with Crippen LogP contribution in [0.3, 0.4) is 0 Å². The van der Waals surface area contributed by atoms with E-state index in [1.165, 1.54) is 0 Å². The molecule has 2 aliphatic heterocycles. The standard InChI is InChI=1S/C17H31N3O3/c1-14(2)15(21)18-8-3-9-19-16(22)20-10-4-17(5-11-20)6-12-23-13-7-17/h14H,3-13H2,1-2H3,(H,18,21)(H,19,22). The van der Waals surface area contributed by atoms with Crippen molar-refractivity contribution in [2.45, 2.75) is 46.0 Å². The number of carbonyl (C=O) groups excluding carboxylic acids is 2. The smallest absolute Gasteiger partial charge is 0.317 e. The van der Waals surface area contributed by atoms with Crippen molar-refractivity contribution < 1.29 is 14.3 Å². The van der Waals surface area contributed by atoms with Gasteiger partial charge in [-0.2, -0.15) is 0 Å². The molecule has 132 valence electrons. The van der Waals surface area contributed by atoms with Gasteiger partial charge in [0.15, 0.2) is 0 Å². The molecule has 6 nitrogen and oxygen atoms in total. The van der Waals surface area contributed by atoms with E-state index in [9.17, 15) is 9.59 Å². The minimum absolute atomic E-state index is 0.00968. The predicted molar refractivity (Wildman–Crippen MR) is 89.2 cm³/mol. The molecule has 2 aliphatic rings. The zero-order valence-corrected chi connectivity index (χ0v) is 14.5. The summed E-state index contributed by atoms with van der Waals surface area (Å²) < 4.78 is 5.46. The molecule has 0 radical (unpaired) electrons. The van der Waals surface area contributed by atoms with E-state index in [2.05, 4.69) is 10.6 Å². The zero-order chi connectivity index (χ0) is 16.7. The summed E-state index contributed by atoms with van der Waals surface area (Å²) in [5.41, 5.74) is 0.413. The summed E-state index contributed by atoms with van der Waals surface area (Å²) in [7, 11) is 0. The zero-order valence-electron chi connectivity index (χ0n) is 14.5. The van der Waals surface area contributed by atoms with Crippen LogP contribution in [0, 0.1) is 11.3 Å². The van der Waals surface area contributed by atoms with Crippen molar-refractivity contribution in [1.82, 2.24) is 15.5 Å². The van der Waals surface area contributed by atoms with Crippen LogP contribution in [0.4, 0.5) is 4.79 Å². The van der Waals surface area contributed by atoms with E-state index in [-0.39, 0.29) is 17.9 Å². The van der Waals surface area contributed by atoms with Crippen molar-refractivity contribution in [2.24, 2.45) is 11.3 Å². The number of piperidine rings is 1. The van der Waals surface area contributed by atoms with Gasteiger partial charge in [0.2, 0.25) is 5.91 Å². The Morgan fingerprint density at radius 2 is 1.65 bits per heavy atom. The van der Waals surface area contributed by atoms with Gasteiger partial charge in [-0.25, -0.2) is 4.79 Å². The fourth-order valence-corrected chi connectivity index (χ4v) is 3.30. The second-order valence-electron chi connectivity index (χ2n) is 7.13. The summed E-state index contributed by atoms with van der Waals surface area (Å²) >= 11 is 0. The van der Waals surface area contributed by atoms with Crippen molar-refractivity contribution in [1.29, 1.82) is 0 Å². The molecule has 2 fully saturated rings. The van der Waals surface area contributed by atoms with Gasteiger partial charge in [0.25, 0.3) is 0 Å². The number of amides is 3. The van der Waals surface area contributed by atoms with E-state index >= 15 is 0 Å². The molecule has 2 heterocycles. The van der Waals surface area contributed by atoms with Crippen LogP contribution in [-0.2, 0) is 9.53 Å². The average molecular weight is 325 g/mol. The van der Waals surface area contributed by atoms with Gasteiger partial charge >= 0.3 is 6.03 Å². The van der Waals surface area contributed by atoms with E-state index in [4.69, 9.17) is 4.74 Å². The first-order valence-corrected chi connectivity index (χ1v) is 8.91. The highest BCUT2D eigenvalue weighted by atomic mass is 16.5. The minimum Gasteiger partial charge on any atom is -0.381 e. The Balaban J connectivity index is 1.59. The van der Waals surface area contributed by atoms with Crippen LogP contribution in [-0.4, -0.2) is 56.2 Å². The van der Waals surface area contributed by atoms with Gasteiger partial charge in [-0.15, -0.1) is 0 Å². The van der Waals surface area contributed by atoms with Gasteiger partial charge in [0.1, 0.15) is 0 Å². The SMILES string of the molecule is CC(C)C(=O)NCCCNC(=O)N1CCC2(CCOCC2)CC1. The monoisotopic (exact) mass is 325 g/mol. The molecule has 6 heteroatoms. The molecule has 0 aliphatic carbocycles. The summed E-state index contributed by atoms with van der Waals surface area (Å²) in [6, 6.07) is 0.0297. The van der Waals surface area contributed by atoms with Crippen LogP contribution in [0.1, 0.15) is 46.0 Å². The Morgan fingerprint density at radius 3 is 2.26 bits per heavy atom.